The van der Waals surface area contributed by atoms with Crippen LogP contribution in [-0.4, -0.2) is 13.1 Å². The smallest absolute Gasteiger partial charge is 0.337 e. The Hall–Kier alpha value is -2.20. The molecule has 2 N–H and O–H groups in total. The molecule has 110 valence electrons. The summed E-state index contributed by atoms with van der Waals surface area (Å²) < 4.78 is 10.3. The Kier molecular flexibility index (Phi) is 4.70. The first-order valence-electron chi connectivity index (χ1n) is 6.37. The van der Waals surface area contributed by atoms with E-state index in [1.807, 2.05) is 6.92 Å². The minimum Gasteiger partial charge on any atom is -0.487 e. The van der Waals surface area contributed by atoms with Crippen LogP contribution in [0.1, 0.15) is 21.5 Å². The van der Waals surface area contributed by atoms with Gasteiger partial charge in [-0.2, -0.15) is 0 Å². The summed E-state index contributed by atoms with van der Waals surface area (Å²) in [6, 6.07) is 10.5. The third-order valence-corrected chi connectivity index (χ3v) is 3.47. The highest BCUT2D eigenvalue weighted by Crippen LogP contribution is 2.29. The molecule has 0 saturated heterocycles. The molecule has 0 aromatic heterocycles. The molecule has 0 amide bonds. The second-order valence-electron chi connectivity index (χ2n) is 4.62. The maximum atomic E-state index is 11.3. The highest BCUT2D eigenvalue weighted by atomic mass is 35.5. The fraction of sp³-hybridized carbons (Fsp3) is 0.188. The van der Waals surface area contributed by atoms with Crippen molar-refractivity contribution in [1.82, 2.24) is 0 Å². The molecule has 0 aliphatic carbocycles. The number of carbonyl (C=O) groups excluding carboxylic acids is 1. The molecule has 0 spiro atoms. The molecular weight excluding hydrogens is 290 g/mol. The van der Waals surface area contributed by atoms with Gasteiger partial charge in [-0.1, -0.05) is 23.7 Å². The predicted octanol–water partition coefficient (Wildman–Crippen LogP) is 3.60. The number of aryl methyl sites for hydroxylation is 1. The zero-order valence-electron chi connectivity index (χ0n) is 11.9. The number of rotatable bonds is 4. The molecule has 2 rings (SSSR count). The molecular formula is C16H16ClNO3. The van der Waals surface area contributed by atoms with Crippen molar-refractivity contribution in [1.29, 1.82) is 0 Å². The van der Waals surface area contributed by atoms with Gasteiger partial charge in [-0.3, -0.25) is 0 Å². The largest absolute Gasteiger partial charge is 0.487 e. The minimum atomic E-state index is -0.364. The average Bonchev–Trinajstić information content (AvgIpc) is 2.49. The summed E-state index contributed by atoms with van der Waals surface area (Å²) in [6.07, 6.45) is 0. The van der Waals surface area contributed by atoms with Gasteiger partial charge in [0.15, 0.2) is 0 Å². The molecule has 0 bridgehead atoms. The Labute approximate surface area is 128 Å². The Morgan fingerprint density at radius 1 is 1.24 bits per heavy atom. The third-order valence-electron chi connectivity index (χ3n) is 3.06. The predicted molar refractivity (Wildman–Crippen MR) is 82.7 cm³/mol. The number of esters is 1. The lowest BCUT2D eigenvalue weighted by Gasteiger charge is -2.11. The third kappa shape index (κ3) is 3.67. The van der Waals surface area contributed by atoms with E-state index in [2.05, 4.69) is 4.74 Å². The van der Waals surface area contributed by atoms with Crippen LogP contribution in [0.3, 0.4) is 0 Å². The van der Waals surface area contributed by atoms with Crippen LogP contribution in [-0.2, 0) is 11.3 Å². The summed E-state index contributed by atoms with van der Waals surface area (Å²) in [5.74, 6) is 0.180. The van der Waals surface area contributed by atoms with Gasteiger partial charge in [-0.15, -0.1) is 0 Å². The zero-order chi connectivity index (χ0) is 15.4. The molecule has 0 aliphatic rings. The second-order valence-corrected chi connectivity index (χ2v) is 5.02. The molecule has 2 aromatic carbocycles. The van der Waals surface area contributed by atoms with Gasteiger partial charge in [0.2, 0.25) is 0 Å². The Bertz CT molecular complexity index is 653. The van der Waals surface area contributed by atoms with E-state index >= 15 is 0 Å². The highest BCUT2D eigenvalue weighted by Gasteiger charge is 2.07. The van der Waals surface area contributed by atoms with E-state index in [-0.39, 0.29) is 5.97 Å². The first-order valence-corrected chi connectivity index (χ1v) is 6.74. The van der Waals surface area contributed by atoms with Gasteiger partial charge in [-0.25, -0.2) is 4.79 Å². The number of hydrogen-bond acceptors (Lipinski definition) is 4. The van der Waals surface area contributed by atoms with Crippen molar-refractivity contribution in [3.63, 3.8) is 0 Å². The van der Waals surface area contributed by atoms with Crippen LogP contribution in [0, 0.1) is 6.92 Å². The number of benzene rings is 2. The fourth-order valence-corrected chi connectivity index (χ4v) is 1.98. The van der Waals surface area contributed by atoms with Crippen molar-refractivity contribution in [3.8, 4) is 5.75 Å². The van der Waals surface area contributed by atoms with Gasteiger partial charge in [0.25, 0.3) is 0 Å². The van der Waals surface area contributed by atoms with Gasteiger partial charge in [-0.05, 0) is 36.2 Å². The summed E-state index contributed by atoms with van der Waals surface area (Å²) in [5.41, 5.74) is 8.76. The van der Waals surface area contributed by atoms with Gasteiger partial charge in [0, 0.05) is 11.1 Å². The summed E-state index contributed by atoms with van der Waals surface area (Å²) in [6.45, 7) is 2.22. The van der Waals surface area contributed by atoms with Crippen molar-refractivity contribution in [2.45, 2.75) is 13.5 Å². The van der Waals surface area contributed by atoms with E-state index in [1.165, 1.54) is 7.11 Å². The zero-order valence-corrected chi connectivity index (χ0v) is 12.6. The molecule has 5 heteroatoms. The lowest BCUT2D eigenvalue weighted by atomic mass is 10.1. The Morgan fingerprint density at radius 2 is 1.90 bits per heavy atom. The van der Waals surface area contributed by atoms with Crippen molar-refractivity contribution in [2.24, 2.45) is 0 Å². The molecule has 0 aliphatic heterocycles. The molecule has 21 heavy (non-hydrogen) atoms. The van der Waals surface area contributed by atoms with Crippen LogP contribution in [0.25, 0.3) is 0 Å². The highest BCUT2D eigenvalue weighted by molar-refractivity contribution is 6.31. The number of nitrogens with two attached hydrogens (primary N) is 1. The Balaban J connectivity index is 2.06. The maximum absolute atomic E-state index is 11.3. The number of methoxy groups -OCH3 is 1. The molecule has 0 atom stereocenters. The summed E-state index contributed by atoms with van der Waals surface area (Å²) in [5, 5.41) is 0.611. The summed E-state index contributed by atoms with van der Waals surface area (Å²) >= 11 is 6.05. The number of nitrogen functional groups attached to an aromatic ring is 1. The minimum absolute atomic E-state index is 0.338. The molecule has 0 heterocycles. The van der Waals surface area contributed by atoms with E-state index in [9.17, 15) is 4.79 Å². The lowest BCUT2D eigenvalue weighted by Crippen LogP contribution is -2.02. The second kappa shape index (κ2) is 6.50. The molecule has 0 saturated carbocycles. The quantitative estimate of drug-likeness (QED) is 0.692. The van der Waals surface area contributed by atoms with E-state index in [4.69, 9.17) is 22.1 Å². The topological polar surface area (TPSA) is 61.5 Å². The monoisotopic (exact) mass is 305 g/mol. The van der Waals surface area contributed by atoms with Crippen LogP contribution >= 0.6 is 11.6 Å². The van der Waals surface area contributed by atoms with Gasteiger partial charge >= 0.3 is 5.97 Å². The summed E-state index contributed by atoms with van der Waals surface area (Å²) in [4.78, 5) is 11.3. The van der Waals surface area contributed by atoms with Crippen LogP contribution in [0.2, 0.25) is 5.02 Å². The molecule has 0 fully saturated rings. The summed E-state index contributed by atoms with van der Waals surface area (Å²) in [7, 11) is 1.35. The van der Waals surface area contributed by atoms with Crippen LogP contribution in [0.5, 0.6) is 5.75 Å². The van der Waals surface area contributed by atoms with E-state index in [0.717, 1.165) is 11.1 Å². The Morgan fingerprint density at radius 3 is 2.52 bits per heavy atom. The molecule has 0 radical (unpaired) electrons. The average molecular weight is 306 g/mol. The van der Waals surface area contributed by atoms with Crippen LogP contribution in [0.15, 0.2) is 36.4 Å². The van der Waals surface area contributed by atoms with Gasteiger partial charge in [0.05, 0.1) is 18.4 Å². The maximum Gasteiger partial charge on any atom is 0.337 e. The number of anilines is 1. The number of halogens is 1. The van der Waals surface area contributed by atoms with Crippen molar-refractivity contribution < 1.29 is 14.3 Å². The van der Waals surface area contributed by atoms with Gasteiger partial charge < -0.3 is 15.2 Å². The lowest BCUT2D eigenvalue weighted by molar-refractivity contribution is 0.0600. The van der Waals surface area contributed by atoms with Crippen molar-refractivity contribution in [2.75, 3.05) is 12.8 Å². The first-order chi connectivity index (χ1) is 10.0. The first kappa shape index (κ1) is 15.2. The SMILES string of the molecule is COC(=O)c1ccc(COc2cc(Cl)c(C)cc2N)cc1. The standard InChI is InChI=1S/C16H16ClNO3/c1-10-7-14(18)15(8-13(10)17)21-9-11-3-5-12(6-4-11)16(19)20-2/h3-8H,9,18H2,1-2H3. The van der Waals surface area contributed by atoms with E-state index in [0.29, 0.717) is 28.6 Å². The van der Waals surface area contributed by atoms with Crippen LogP contribution in [0.4, 0.5) is 5.69 Å². The van der Waals surface area contributed by atoms with Crippen molar-refractivity contribution >= 4 is 23.3 Å². The molecule has 0 unspecified atom stereocenters. The van der Waals surface area contributed by atoms with E-state index in [1.54, 1.807) is 36.4 Å². The normalized spacial score (nSPS) is 10.2. The number of carbonyl (C=O) groups is 1. The van der Waals surface area contributed by atoms with E-state index < -0.39 is 0 Å². The van der Waals surface area contributed by atoms with Gasteiger partial charge in [0.1, 0.15) is 12.4 Å². The number of ether oxygens (including phenoxy) is 2. The molecule has 2 aromatic rings. The van der Waals surface area contributed by atoms with Crippen molar-refractivity contribution in [3.05, 3.63) is 58.1 Å². The fourth-order valence-electron chi connectivity index (χ4n) is 1.83. The van der Waals surface area contributed by atoms with Crippen LogP contribution < -0.4 is 10.5 Å². The molecule has 4 nitrogen and oxygen atoms in total. The number of hydrogen-bond donors (Lipinski definition) is 1.